The first-order valence-corrected chi connectivity index (χ1v) is 9.63. The molecule has 0 heterocycles. The lowest BCUT2D eigenvalue weighted by atomic mass is 9.76. The number of hydrogen-bond donors (Lipinski definition) is 1. The van der Waals surface area contributed by atoms with Crippen molar-refractivity contribution in [2.75, 3.05) is 19.6 Å². The van der Waals surface area contributed by atoms with E-state index in [-0.39, 0.29) is 0 Å². The van der Waals surface area contributed by atoms with Crippen molar-refractivity contribution >= 4 is 0 Å². The van der Waals surface area contributed by atoms with E-state index in [0.29, 0.717) is 0 Å². The van der Waals surface area contributed by atoms with Gasteiger partial charge in [-0.2, -0.15) is 0 Å². The van der Waals surface area contributed by atoms with Crippen molar-refractivity contribution in [2.24, 2.45) is 11.8 Å². The molecule has 0 radical (unpaired) electrons. The van der Waals surface area contributed by atoms with Gasteiger partial charge in [0, 0.05) is 18.6 Å². The first-order valence-electron chi connectivity index (χ1n) is 9.63. The number of nitrogens with zero attached hydrogens (tertiary/aromatic N) is 1. The van der Waals surface area contributed by atoms with E-state index in [0.717, 1.165) is 30.5 Å². The highest BCUT2D eigenvalue weighted by Crippen LogP contribution is 2.32. The van der Waals surface area contributed by atoms with E-state index in [1.165, 1.54) is 58.0 Å². The molecule has 4 unspecified atom stereocenters. The maximum atomic E-state index is 3.77. The molecule has 0 aromatic rings. The van der Waals surface area contributed by atoms with Gasteiger partial charge in [0.2, 0.25) is 0 Å². The Morgan fingerprint density at radius 3 is 2.48 bits per heavy atom. The van der Waals surface area contributed by atoms with Crippen LogP contribution in [0.4, 0.5) is 0 Å². The molecule has 2 nitrogen and oxygen atoms in total. The largest absolute Gasteiger partial charge is 0.314 e. The molecule has 2 heteroatoms. The van der Waals surface area contributed by atoms with Gasteiger partial charge in [-0.15, -0.1) is 0 Å². The Bertz CT molecular complexity index is 254. The quantitative estimate of drug-likeness (QED) is 0.629. The third-order valence-corrected chi connectivity index (χ3v) is 5.62. The summed E-state index contributed by atoms with van der Waals surface area (Å²) in [6.07, 6.45) is 9.56. The molecule has 0 saturated heterocycles. The van der Waals surface area contributed by atoms with Crippen molar-refractivity contribution in [1.82, 2.24) is 10.2 Å². The topological polar surface area (TPSA) is 15.3 Å². The van der Waals surface area contributed by atoms with Crippen LogP contribution in [0, 0.1) is 11.8 Å². The van der Waals surface area contributed by atoms with Crippen LogP contribution in [-0.2, 0) is 0 Å². The van der Waals surface area contributed by atoms with Crippen molar-refractivity contribution in [2.45, 2.75) is 91.6 Å². The standard InChI is InChI=1S/C19H40N2/c1-6-10-13-21(16(5)7-2)15-18-14-17(8-3)11-12-19(18)20-9-4/h16-20H,6-15H2,1-5H3. The zero-order valence-corrected chi connectivity index (χ0v) is 15.3. The maximum Gasteiger partial charge on any atom is 0.0108 e. The van der Waals surface area contributed by atoms with Crippen LogP contribution < -0.4 is 5.32 Å². The fraction of sp³-hybridized carbons (Fsp3) is 1.00. The fourth-order valence-corrected chi connectivity index (χ4v) is 3.88. The van der Waals surface area contributed by atoms with E-state index in [1.54, 1.807) is 0 Å². The maximum absolute atomic E-state index is 3.77. The summed E-state index contributed by atoms with van der Waals surface area (Å²) in [6, 6.07) is 1.49. The highest BCUT2D eigenvalue weighted by molar-refractivity contribution is 4.87. The van der Waals surface area contributed by atoms with Crippen molar-refractivity contribution < 1.29 is 0 Å². The summed E-state index contributed by atoms with van der Waals surface area (Å²) < 4.78 is 0. The zero-order valence-electron chi connectivity index (χ0n) is 15.3. The van der Waals surface area contributed by atoms with E-state index >= 15 is 0 Å². The first kappa shape index (κ1) is 19.0. The Morgan fingerprint density at radius 1 is 1.14 bits per heavy atom. The van der Waals surface area contributed by atoms with Crippen molar-refractivity contribution in [3.8, 4) is 0 Å². The molecule has 126 valence electrons. The number of unbranched alkanes of at least 4 members (excludes halogenated alkanes) is 1. The molecule has 1 rings (SSSR count). The predicted molar refractivity (Wildman–Crippen MR) is 94.8 cm³/mol. The monoisotopic (exact) mass is 296 g/mol. The van der Waals surface area contributed by atoms with Gasteiger partial charge in [0.15, 0.2) is 0 Å². The summed E-state index contributed by atoms with van der Waals surface area (Å²) in [5, 5.41) is 3.77. The van der Waals surface area contributed by atoms with Crippen LogP contribution in [0.1, 0.15) is 79.6 Å². The SMILES string of the molecule is CCCCN(CC1CC(CC)CCC1NCC)C(C)CC. The van der Waals surface area contributed by atoms with Crippen LogP contribution in [0.2, 0.25) is 0 Å². The summed E-state index contributed by atoms with van der Waals surface area (Å²) in [5.74, 6) is 1.82. The summed E-state index contributed by atoms with van der Waals surface area (Å²) in [6.45, 7) is 15.4. The van der Waals surface area contributed by atoms with Crippen LogP contribution in [0.5, 0.6) is 0 Å². The minimum absolute atomic E-state index is 0.737. The molecular weight excluding hydrogens is 256 g/mol. The molecule has 0 aliphatic heterocycles. The summed E-state index contributed by atoms with van der Waals surface area (Å²) >= 11 is 0. The Labute approximate surface area is 134 Å². The molecule has 1 aliphatic carbocycles. The van der Waals surface area contributed by atoms with Gasteiger partial charge in [-0.1, -0.05) is 40.5 Å². The molecule has 1 aliphatic rings. The highest BCUT2D eigenvalue weighted by atomic mass is 15.2. The minimum atomic E-state index is 0.737. The second-order valence-corrected chi connectivity index (χ2v) is 7.12. The molecule has 0 amide bonds. The van der Waals surface area contributed by atoms with Crippen LogP contribution >= 0.6 is 0 Å². The van der Waals surface area contributed by atoms with Gasteiger partial charge in [-0.25, -0.2) is 0 Å². The molecule has 0 bridgehead atoms. The third kappa shape index (κ3) is 6.28. The number of nitrogens with one attached hydrogen (secondary N) is 1. The Kier molecular flexibility index (Phi) is 9.59. The van der Waals surface area contributed by atoms with Gasteiger partial charge in [0.25, 0.3) is 0 Å². The first-order chi connectivity index (χ1) is 10.2. The van der Waals surface area contributed by atoms with Gasteiger partial charge >= 0.3 is 0 Å². The second-order valence-electron chi connectivity index (χ2n) is 7.12. The second kappa shape index (κ2) is 10.6. The summed E-state index contributed by atoms with van der Waals surface area (Å²) in [5.41, 5.74) is 0. The van der Waals surface area contributed by atoms with E-state index in [1.807, 2.05) is 0 Å². The van der Waals surface area contributed by atoms with Crippen LogP contribution in [-0.4, -0.2) is 36.6 Å². The van der Waals surface area contributed by atoms with E-state index in [9.17, 15) is 0 Å². The fourth-order valence-electron chi connectivity index (χ4n) is 3.88. The number of hydrogen-bond acceptors (Lipinski definition) is 2. The lowest BCUT2D eigenvalue weighted by molar-refractivity contribution is 0.111. The molecule has 0 aromatic heterocycles. The smallest absolute Gasteiger partial charge is 0.0108 e. The van der Waals surface area contributed by atoms with Gasteiger partial charge in [0.1, 0.15) is 0 Å². The molecule has 1 fully saturated rings. The van der Waals surface area contributed by atoms with Crippen LogP contribution in [0.15, 0.2) is 0 Å². The molecular formula is C19H40N2. The predicted octanol–water partition coefficient (Wildman–Crippen LogP) is 4.69. The molecule has 4 atom stereocenters. The molecule has 0 spiro atoms. The lowest BCUT2D eigenvalue weighted by Gasteiger charge is -2.41. The Morgan fingerprint density at radius 2 is 1.90 bits per heavy atom. The average Bonchev–Trinajstić information content (AvgIpc) is 2.52. The molecule has 21 heavy (non-hydrogen) atoms. The summed E-state index contributed by atoms with van der Waals surface area (Å²) in [7, 11) is 0. The minimum Gasteiger partial charge on any atom is -0.314 e. The Hall–Kier alpha value is -0.0800. The zero-order chi connectivity index (χ0) is 15.7. The van der Waals surface area contributed by atoms with Gasteiger partial charge in [-0.05, 0) is 64.0 Å². The van der Waals surface area contributed by atoms with Crippen LogP contribution in [0.3, 0.4) is 0 Å². The van der Waals surface area contributed by atoms with Gasteiger partial charge in [0.05, 0.1) is 0 Å². The normalized spacial score (nSPS) is 28.0. The van der Waals surface area contributed by atoms with Crippen molar-refractivity contribution in [3.05, 3.63) is 0 Å². The Balaban J connectivity index is 2.65. The van der Waals surface area contributed by atoms with Crippen molar-refractivity contribution in [1.29, 1.82) is 0 Å². The van der Waals surface area contributed by atoms with Crippen LogP contribution in [0.25, 0.3) is 0 Å². The van der Waals surface area contributed by atoms with E-state index < -0.39 is 0 Å². The lowest BCUT2D eigenvalue weighted by Crippen LogP contribution is -2.47. The number of rotatable bonds is 10. The van der Waals surface area contributed by atoms with Gasteiger partial charge < -0.3 is 10.2 Å². The van der Waals surface area contributed by atoms with Crippen molar-refractivity contribution in [3.63, 3.8) is 0 Å². The van der Waals surface area contributed by atoms with Gasteiger partial charge in [-0.3, -0.25) is 0 Å². The molecule has 1 saturated carbocycles. The third-order valence-electron chi connectivity index (χ3n) is 5.62. The molecule has 1 N–H and O–H groups in total. The summed E-state index contributed by atoms with van der Waals surface area (Å²) in [4.78, 5) is 2.77. The molecule has 0 aromatic carbocycles. The average molecular weight is 297 g/mol. The van der Waals surface area contributed by atoms with E-state index in [4.69, 9.17) is 0 Å². The highest BCUT2D eigenvalue weighted by Gasteiger charge is 2.31. The van der Waals surface area contributed by atoms with E-state index in [2.05, 4.69) is 44.8 Å².